The van der Waals surface area contributed by atoms with Crippen LogP contribution in [0.2, 0.25) is 0 Å². The van der Waals surface area contributed by atoms with E-state index >= 15 is 0 Å². The molecule has 17 heavy (non-hydrogen) atoms. The molecule has 0 spiro atoms. The van der Waals surface area contributed by atoms with Crippen LogP contribution in [0, 0.1) is 0 Å². The molecule has 0 fully saturated rings. The molecule has 1 rings (SSSR count). The molecule has 1 aromatic carbocycles. The molecular formula is C11H18N2O2S2. The molecule has 1 aromatic rings. The first kappa shape index (κ1) is 14.5. The van der Waals surface area contributed by atoms with Crippen molar-refractivity contribution in [1.82, 2.24) is 8.61 Å². The highest BCUT2D eigenvalue weighted by Gasteiger charge is 2.20. The van der Waals surface area contributed by atoms with Crippen LogP contribution in [0.3, 0.4) is 0 Å². The summed E-state index contributed by atoms with van der Waals surface area (Å²) in [7, 11) is 1.31. The van der Waals surface area contributed by atoms with E-state index < -0.39 is 10.2 Å². The third-order valence-electron chi connectivity index (χ3n) is 2.42. The van der Waals surface area contributed by atoms with Gasteiger partial charge in [0.1, 0.15) is 0 Å². The van der Waals surface area contributed by atoms with Crippen molar-refractivity contribution in [3.05, 3.63) is 29.8 Å². The lowest BCUT2D eigenvalue weighted by Crippen LogP contribution is -2.36. The lowest BCUT2D eigenvalue weighted by Gasteiger charge is -2.21. The molecule has 0 bridgehead atoms. The maximum atomic E-state index is 11.8. The molecule has 0 saturated carbocycles. The second-order valence-corrected chi connectivity index (χ2v) is 7.02. The summed E-state index contributed by atoms with van der Waals surface area (Å²) in [5, 5.41) is 0. The van der Waals surface area contributed by atoms with E-state index in [0.717, 1.165) is 5.56 Å². The van der Waals surface area contributed by atoms with Crippen molar-refractivity contribution in [2.24, 2.45) is 0 Å². The van der Waals surface area contributed by atoms with Gasteiger partial charge in [0.25, 0.3) is 10.2 Å². The molecular weight excluding hydrogens is 256 g/mol. The third-order valence-corrected chi connectivity index (χ3v) is 5.00. The molecule has 0 heterocycles. The van der Waals surface area contributed by atoms with E-state index in [4.69, 9.17) is 0 Å². The van der Waals surface area contributed by atoms with Gasteiger partial charge in [-0.1, -0.05) is 12.1 Å². The molecule has 0 aromatic heterocycles. The van der Waals surface area contributed by atoms with Gasteiger partial charge in [0, 0.05) is 32.6 Å². The van der Waals surface area contributed by atoms with Crippen LogP contribution >= 0.6 is 11.8 Å². The monoisotopic (exact) mass is 274 g/mol. The second kappa shape index (κ2) is 5.86. The lowest BCUT2D eigenvalue weighted by molar-refractivity contribution is 0.414. The summed E-state index contributed by atoms with van der Waals surface area (Å²) in [4.78, 5) is 1.17. The minimum absolute atomic E-state index is 0.384. The third kappa shape index (κ3) is 3.70. The van der Waals surface area contributed by atoms with E-state index in [-0.39, 0.29) is 0 Å². The average molecular weight is 274 g/mol. The Hall–Kier alpha value is -0.560. The first-order valence-corrected chi connectivity index (χ1v) is 7.77. The van der Waals surface area contributed by atoms with Gasteiger partial charge in [0.2, 0.25) is 0 Å². The largest absolute Gasteiger partial charge is 0.281 e. The van der Waals surface area contributed by atoms with Crippen molar-refractivity contribution < 1.29 is 8.42 Å². The standard InChI is InChI=1S/C11H18N2O2S2/c1-12(2)17(14,15)13(3)9-10-5-7-11(16-4)8-6-10/h5-8H,9H2,1-4H3. The Morgan fingerprint density at radius 3 is 2.06 bits per heavy atom. The van der Waals surface area contributed by atoms with Crippen molar-refractivity contribution in [3.8, 4) is 0 Å². The van der Waals surface area contributed by atoms with Crippen LogP contribution in [-0.4, -0.2) is 44.4 Å². The lowest BCUT2D eigenvalue weighted by atomic mass is 10.2. The van der Waals surface area contributed by atoms with Crippen LogP contribution in [0.15, 0.2) is 29.2 Å². The zero-order valence-corrected chi connectivity index (χ0v) is 12.2. The van der Waals surface area contributed by atoms with Crippen LogP contribution in [0.4, 0.5) is 0 Å². The highest BCUT2D eigenvalue weighted by Crippen LogP contribution is 2.16. The molecule has 96 valence electrons. The summed E-state index contributed by atoms with van der Waals surface area (Å²) in [6.45, 7) is 0.384. The van der Waals surface area contributed by atoms with E-state index in [1.165, 1.54) is 27.6 Å². The van der Waals surface area contributed by atoms with Gasteiger partial charge in [-0.3, -0.25) is 0 Å². The zero-order chi connectivity index (χ0) is 13.1. The van der Waals surface area contributed by atoms with Gasteiger partial charge < -0.3 is 0 Å². The summed E-state index contributed by atoms with van der Waals surface area (Å²) < 4.78 is 26.2. The normalized spacial score (nSPS) is 12.4. The maximum Gasteiger partial charge on any atom is 0.281 e. The van der Waals surface area contributed by atoms with Gasteiger partial charge in [-0.25, -0.2) is 0 Å². The first-order valence-electron chi connectivity index (χ1n) is 5.14. The topological polar surface area (TPSA) is 40.6 Å². The Kier molecular flexibility index (Phi) is 5.00. The second-order valence-electron chi connectivity index (χ2n) is 3.89. The molecule has 0 atom stereocenters. The first-order chi connectivity index (χ1) is 7.87. The van der Waals surface area contributed by atoms with Gasteiger partial charge in [-0.05, 0) is 24.0 Å². The van der Waals surface area contributed by atoms with E-state index in [9.17, 15) is 8.42 Å². The molecule has 0 aliphatic rings. The average Bonchev–Trinajstić information content (AvgIpc) is 2.29. The summed E-state index contributed by atoms with van der Waals surface area (Å²) in [6, 6.07) is 7.90. The Labute approximate surface area is 108 Å². The summed E-state index contributed by atoms with van der Waals surface area (Å²) in [5.41, 5.74) is 0.982. The van der Waals surface area contributed by atoms with Crippen LogP contribution < -0.4 is 0 Å². The van der Waals surface area contributed by atoms with E-state index in [0.29, 0.717) is 6.54 Å². The van der Waals surface area contributed by atoms with Gasteiger partial charge >= 0.3 is 0 Å². The van der Waals surface area contributed by atoms with Gasteiger partial charge in [0.05, 0.1) is 0 Å². The minimum atomic E-state index is -3.33. The predicted octanol–water partition coefficient (Wildman–Crippen LogP) is 1.65. The fraction of sp³-hybridized carbons (Fsp3) is 0.455. The van der Waals surface area contributed by atoms with Crippen LogP contribution in [0.5, 0.6) is 0 Å². The van der Waals surface area contributed by atoms with Crippen molar-refractivity contribution in [1.29, 1.82) is 0 Å². The zero-order valence-electron chi connectivity index (χ0n) is 10.5. The molecule has 0 N–H and O–H groups in total. The van der Waals surface area contributed by atoms with Crippen LogP contribution in [-0.2, 0) is 16.8 Å². The van der Waals surface area contributed by atoms with Crippen LogP contribution in [0.1, 0.15) is 5.56 Å². The Balaban J connectivity index is 2.78. The minimum Gasteiger partial charge on any atom is -0.195 e. The van der Waals surface area contributed by atoms with Gasteiger partial charge in [0.15, 0.2) is 0 Å². The van der Waals surface area contributed by atoms with Crippen LogP contribution in [0.25, 0.3) is 0 Å². The summed E-state index contributed by atoms with van der Waals surface area (Å²) in [6.07, 6.45) is 2.01. The quantitative estimate of drug-likeness (QED) is 0.767. The number of thioether (sulfide) groups is 1. The number of rotatable bonds is 5. The smallest absolute Gasteiger partial charge is 0.195 e. The molecule has 6 heteroatoms. The fourth-order valence-corrected chi connectivity index (χ4v) is 2.63. The number of hydrogen-bond donors (Lipinski definition) is 0. The fourth-order valence-electron chi connectivity index (χ4n) is 1.35. The van der Waals surface area contributed by atoms with Crippen molar-refractivity contribution >= 4 is 22.0 Å². The SMILES string of the molecule is CSc1ccc(CN(C)S(=O)(=O)N(C)C)cc1. The molecule has 0 saturated heterocycles. The predicted molar refractivity (Wildman–Crippen MR) is 72.3 cm³/mol. The molecule has 0 aliphatic carbocycles. The number of hydrogen-bond acceptors (Lipinski definition) is 3. The number of nitrogens with zero attached hydrogens (tertiary/aromatic N) is 2. The van der Waals surface area contributed by atoms with E-state index in [1.807, 2.05) is 30.5 Å². The Bertz CT molecular complexity index is 455. The molecule has 4 nitrogen and oxygen atoms in total. The highest BCUT2D eigenvalue weighted by atomic mass is 32.2. The summed E-state index contributed by atoms with van der Waals surface area (Å²) >= 11 is 1.67. The van der Waals surface area contributed by atoms with Gasteiger partial charge in [-0.2, -0.15) is 17.0 Å². The van der Waals surface area contributed by atoms with E-state index in [2.05, 4.69) is 0 Å². The highest BCUT2D eigenvalue weighted by molar-refractivity contribution is 7.98. The summed E-state index contributed by atoms with van der Waals surface area (Å²) in [5.74, 6) is 0. The maximum absolute atomic E-state index is 11.8. The van der Waals surface area contributed by atoms with E-state index in [1.54, 1.807) is 18.8 Å². The molecule has 0 unspecified atom stereocenters. The molecule has 0 aliphatic heterocycles. The Morgan fingerprint density at radius 2 is 1.65 bits per heavy atom. The van der Waals surface area contributed by atoms with Crippen molar-refractivity contribution in [2.45, 2.75) is 11.4 Å². The van der Waals surface area contributed by atoms with Crippen molar-refractivity contribution in [2.75, 3.05) is 27.4 Å². The molecule has 0 amide bonds. The number of benzene rings is 1. The van der Waals surface area contributed by atoms with Crippen molar-refractivity contribution in [3.63, 3.8) is 0 Å². The molecule has 0 radical (unpaired) electrons. The Morgan fingerprint density at radius 1 is 1.12 bits per heavy atom. The van der Waals surface area contributed by atoms with Gasteiger partial charge in [-0.15, -0.1) is 11.8 Å².